The molecule has 0 aromatic carbocycles. The summed E-state index contributed by atoms with van der Waals surface area (Å²) in [6.45, 7) is 13.1. The summed E-state index contributed by atoms with van der Waals surface area (Å²) in [4.78, 5) is 18.9. The molecule has 5 nitrogen and oxygen atoms in total. The highest BCUT2D eigenvalue weighted by Crippen LogP contribution is 2.16. The van der Waals surface area contributed by atoms with Gasteiger partial charge < -0.3 is 16.0 Å². The van der Waals surface area contributed by atoms with Crippen LogP contribution in [-0.4, -0.2) is 41.5 Å². The molecule has 0 radical (unpaired) electrons. The van der Waals surface area contributed by atoms with Gasteiger partial charge in [0, 0.05) is 23.8 Å². The van der Waals surface area contributed by atoms with Crippen LogP contribution in [0.25, 0.3) is 0 Å². The van der Waals surface area contributed by atoms with E-state index in [2.05, 4.69) is 29.0 Å². The van der Waals surface area contributed by atoms with Gasteiger partial charge in [-0.2, -0.15) is 0 Å². The first-order valence-electron chi connectivity index (χ1n) is 7.68. The molecule has 1 aromatic heterocycles. The van der Waals surface area contributed by atoms with Crippen LogP contribution in [-0.2, 0) is 0 Å². The predicted molar refractivity (Wildman–Crippen MR) is 87.5 cm³/mol. The molecule has 0 fully saturated rings. The number of hydrogen-bond donors (Lipinski definition) is 2. The Balaban J connectivity index is 2.75. The molecule has 3 N–H and O–H groups in total. The highest BCUT2D eigenvalue weighted by atomic mass is 16.1. The highest BCUT2D eigenvalue weighted by Gasteiger charge is 2.14. The molecule has 21 heavy (non-hydrogen) atoms. The number of rotatable bonds is 7. The van der Waals surface area contributed by atoms with Crippen molar-refractivity contribution in [1.82, 2.24) is 15.2 Å². The number of hydrogen-bond acceptors (Lipinski definition) is 4. The fourth-order valence-electron chi connectivity index (χ4n) is 2.22. The standard InChI is InChI=1S/C16H28N4O/c1-6-20(7-2)10-12(5)18-16(21)13-8-14(11(3)4)19-15(17)9-13/h8-9,11-12H,6-7,10H2,1-5H3,(H2,17,19)(H,18,21). The minimum Gasteiger partial charge on any atom is -0.384 e. The Labute approximate surface area is 127 Å². The van der Waals surface area contributed by atoms with Crippen molar-refractivity contribution < 1.29 is 4.79 Å². The first-order chi connectivity index (χ1) is 9.87. The van der Waals surface area contributed by atoms with Crippen molar-refractivity contribution in [3.8, 4) is 0 Å². The second kappa shape index (κ2) is 7.98. The van der Waals surface area contributed by atoms with Gasteiger partial charge in [0.2, 0.25) is 0 Å². The van der Waals surface area contributed by atoms with E-state index in [0.717, 1.165) is 25.3 Å². The monoisotopic (exact) mass is 292 g/mol. The summed E-state index contributed by atoms with van der Waals surface area (Å²) in [5, 5.41) is 3.02. The molecule has 1 rings (SSSR count). The van der Waals surface area contributed by atoms with Gasteiger partial charge in [0.15, 0.2) is 0 Å². The smallest absolute Gasteiger partial charge is 0.251 e. The first-order valence-corrected chi connectivity index (χ1v) is 7.68. The average Bonchev–Trinajstić information content (AvgIpc) is 2.43. The van der Waals surface area contributed by atoms with E-state index in [1.807, 2.05) is 26.8 Å². The van der Waals surface area contributed by atoms with Crippen molar-refractivity contribution >= 4 is 11.7 Å². The number of likely N-dealkylation sites (N-methyl/N-ethyl adjacent to an activating group) is 1. The van der Waals surface area contributed by atoms with Gasteiger partial charge in [0.1, 0.15) is 5.82 Å². The van der Waals surface area contributed by atoms with Gasteiger partial charge in [-0.05, 0) is 38.1 Å². The second-order valence-electron chi connectivity index (χ2n) is 5.72. The summed E-state index contributed by atoms with van der Waals surface area (Å²) >= 11 is 0. The number of nitrogens with two attached hydrogens (primary N) is 1. The summed E-state index contributed by atoms with van der Waals surface area (Å²) in [5.41, 5.74) is 7.22. The number of anilines is 1. The van der Waals surface area contributed by atoms with Crippen LogP contribution in [0.3, 0.4) is 0 Å². The Kier molecular flexibility index (Phi) is 6.62. The Morgan fingerprint density at radius 3 is 2.43 bits per heavy atom. The molecule has 1 unspecified atom stereocenters. The van der Waals surface area contributed by atoms with Gasteiger partial charge in [-0.15, -0.1) is 0 Å². The van der Waals surface area contributed by atoms with E-state index in [4.69, 9.17) is 5.73 Å². The third kappa shape index (κ3) is 5.34. The maximum Gasteiger partial charge on any atom is 0.251 e. The van der Waals surface area contributed by atoms with Crippen LogP contribution in [0.5, 0.6) is 0 Å². The number of pyridine rings is 1. The maximum absolute atomic E-state index is 12.3. The van der Waals surface area contributed by atoms with Crippen molar-refractivity contribution in [2.75, 3.05) is 25.4 Å². The van der Waals surface area contributed by atoms with Crippen LogP contribution in [0.15, 0.2) is 12.1 Å². The quantitative estimate of drug-likeness (QED) is 0.808. The molecule has 118 valence electrons. The number of carbonyl (C=O) groups is 1. The normalized spacial score (nSPS) is 12.7. The first kappa shape index (κ1) is 17.4. The molecular weight excluding hydrogens is 264 g/mol. The zero-order valence-corrected chi connectivity index (χ0v) is 13.8. The van der Waals surface area contributed by atoms with Gasteiger partial charge >= 0.3 is 0 Å². The Morgan fingerprint density at radius 2 is 1.90 bits per heavy atom. The molecule has 1 aromatic rings. The summed E-state index contributed by atoms with van der Waals surface area (Å²) in [6.07, 6.45) is 0. The van der Waals surface area contributed by atoms with Gasteiger partial charge in [-0.1, -0.05) is 27.7 Å². The van der Waals surface area contributed by atoms with Crippen molar-refractivity contribution in [3.05, 3.63) is 23.4 Å². The molecule has 0 spiro atoms. The van der Waals surface area contributed by atoms with E-state index in [1.165, 1.54) is 0 Å². The largest absolute Gasteiger partial charge is 0.384 e. The second-order valence-corrected chi connectivity index (χ2v) is 5.72. The highest BCUT2D eigenvalue weighted by molar-refractivity contribution is 5.95. The van der Waals surface area contributed by atoms with Gasteiger partial charge in [0.05, 0.1) is 0 Å². The number of nitrogen functional groups attached to an aromatic ring is 1. The maximum atomic E-state index is 12.3. The van der Waals surface area contributed by atoms with Crippen molar-refractivity contribution in [2.24, 2.45) is 0 Å². The van der Waals surface area contributed by atoms with E-state index in [1.54, 1.807) is 6.07 Å². The van der Waals surface area contributed by atoms with Gasteiger partial charge in [-0.3, -0.25) is 4.79 Å². The lowest BCUT2D eigenvalue weighted by molar-refractivity contribution is 0.0930. The average molecular weight is 292 g/mol. The molecule has 0 aliphatic rings. The number of carbonyl (C=O) groups excluding carboxylic acids is 1. The third-order valence-electron chi connectivity index (χ3n) is 3.52. The number of aromatic nitrogens is 1. The summed E-state index contributed by atoms with van der Waals surface area (Å²) < 4.78 is 0. The molecule has 5 heteroatoms. The number of amides is 1. The summed E-state index contributed by atoms with van der Waals surface area (Å²) in [5.74, 6) is 0.543. The Bertz CT molecular complexity index is 469. The van der Waals surface area contributed by atoms with E-state index >= 15 is 0 Å². The van der Waals surface area contributed by atoms with Crippen molar-refractivity contribution in [2.45, 2.75) is 46.6 Å². The van der Waals surface area contributed by atoms with E-state index in [0.29, 0.717) is 11.4 Å². The van der Waals surface area contributed by atoms with E-state index < -0.39 is 0 Å². The fourth-order valence-corrected chi connectivity index (χ4v) is 2.22. The Morgan fingerprint density at radius 1 is 1.29 bits per heavy atom. The predicted octanol–water partition coefficient (Wildman–Crippen LogP) is 2.25. The summed E-state index contributed by atoms with van der Waals surface area (Å²) in [7, 11) is 0. The zero-order valence-electron chi connectivity index (χ0n) is 13.8. The van der Waals surface area contributed by atoms with Crippen LogP contribution in [0, 0.1) is 0 Å². The number of nitrogens with one attached hydrogen (secondary N) is 1. The minimum absolute atomic E-state index is 0.0919. The molecule has 1 heterocycles. The topological polar surface area (TPSA) is 71.2 Å². The lowest BCUT2D eigenvalue weighted by atomic mass is 10.1. The van der Waals surface area contributed by atoms with Gasteiger partial charge in [0.25, 0.3) is 5.91 Å². The van der Waals surface area contributed by atoms with Crippen LogP contribution >= 0.6 is 0 Å². The molecule has 0 saturated carbocycles. The third-order valence-corrected chi connectivity index (χ3v) is 3.52. The zero-order chi connectivity index (χ0) is 16.0. The lowest BCUT2D eigenvalue weighted by Gasteiger charge is -2.23. The van der Waals surface area contributed by atoms with E-state index in [-0.39, 0.29) is 17.9 Å². The molecule has 1 amide bonds. The van der Waals surface area contributed by atoms with Gasteiger partial charge in [-0.25, -0.2) is 4.98 Å². The van der Waals surface area contributed by atoms with Crippen molar-refractivity contribution in [1.29, 1.82) is 0 Å². The van der Waals surface area contributed by atoms with Crippen LogP contribution < -0.4 is 11.1 Å². The van der Waals surface area contributed by atoms with Crippen LogP contribution in [0.4, 0.5) is 5.82 Å². The van der Waals surface area contributed by atoms with Crippen LogP contribution in [0.1, 0.15) is 56.6 Å². The molecule has 0 bridgehead atoms. The fraction of sp³-hybridized carbons (Fsp3) is 0.625. The van der Waals surface area contributed by atoms with Crippen molar-refractivity contribution in [3.63, 3.8) is 0 Å². The molecule has 0 aliphatic heterocycles. The number of nitrogens with zero attached hydrogens (tertiary/aromatic N) is 2. The molecular formula is C16H28N4O. The molecule has 0 saturated heterocycles. The molecule has 0 aliphatic carbocycles. The van der Waals surface area contributed by atoms with E-state index in [9.17, 15) is 4.79 Å². The lowest BCUT2D eigenvalue weighted by Crippen LogP contribution is -2.42. The van der Waals surface area contributed by atoms with Crippen LogP contribution in [0.2, 0.25) is 0 Å². The minimum atomic E-state index is -0.0920. The SMILES string of the molecule is CCN(CC)CC(C)NC(=O)c1cc(N)nc(C(C)C)c1. The summed E-state index contributed by atoms with van der Waals surface area (Å²) in [6, 6.07) is 3.54. The molecule has 1 atom stereocenters. The Hall–Kier alpha value is -1.62.